The van der Waals surface area contributed by atoms with Crippen LogP contribution in [0.3, 0.4) is 0 Å². The van der Waals surface area contributed by atoms with Crippen LogP contribution < -0.4 is 10.2 Å². The number of ketones is 1. The first-order chi connectivity index (χ1) is 16.3. The number of pyridine rings is 1. The Morgan fingerprint density at radius 3 is 2.44 bits per heavy atom. The van der Waals surface area contributed by atoms with Crippen LogP contribution in [0.1, 0.15) is 38.3 Å². The number of halogens is 1. The highest BCUT2D eigenvalue weighted by molar-refractivity contribution is 6.12. The summed E-state index contributed by atoms with van der Waals surface area (Å²) >= 11 is 0. The molecule has 2 aromatic carbocycles. The minimum absolute atomic E-state index is 0.177. The topological polar surface area (TPSA) is 72.2 Å². The SMILES string of the molecule is Cc1cc(C)cc(OCC(=O)NN=Cc2c(C)c(C(=O)c3ccc(F)cc3)n3ccccc23)c1. The number of fused-ring (bicyclic) bond motifs is 1. The molecule has 34 heavy (non-hydrogen) atoms. The summed E-state index contributed by atoms with van der Waals surface area (Å²) in [6.45, 7) is 5.56. The lowest BCUT2D eigenvalue weighted by molar-refractivity contribution is -0.123. The van der Waals surface area contributed by atoms with Crippen molar-refractivity contribution in [2.24, 2.45) is 5.10 Å². The van der Waals surface area contributed by atoms with Gasteiger partial charge in [0.1, 0.15) is 11.6 Å². The number of nitrogens with zero attached hydrogens (tertiary/aromatic N) is 2. The summed E-state index contributed by atoms with van der Waals surface area (Å²) in [4.78, 5) is 25.4. The van der Waals surface area contributed by atoms with E-state index in [4.69, 9.17) is 4.74 Å². The predicted octanol–water partition coefficient (Wildman–Crippen LogP) is 4.76. The first-order valence-corrected chi connectivity index (χ1v) is 10.8. The third-order valence-corrected chi connectivity index (χ3v) is 5.41. The molecule has 0 aliphatic carbocycles. The number of rotatable bonds is 7. The van der Waals surface area contributed by atoms with Gasteiger partial charge in [0.25, 0.3) is 5.91 Å². The van der Waals surface area contributed by atoms with Gasteiger partial charge in [-0.15, -0.1) is 0 Å². The summed E-state index contributed by atoms with van der Waals surface area (Å²) in [6.07, 6.45) is 3.30. The fraction of sp³-hybridized carbons (Fsp3) is 0.148. The van der Waals surface area contributed by atoms with Gasteiger partial charge >= 0.3 is 0 Å². The largest absolute Gasteiger partial charge is 0.484 e. The molecule has 0 aliphatic rings. The molecule has 0 aliphatic heterocycles. The first kappa shape index (κ1) is 22.9. The minimum atomic E-state index is -0.404. The average Bonchev–Trinajstić information content (AvgIpc) is 3.08. The number of benzene rings is 2. The van der Waals surface area contributed by atoms with Crippen molar-refractivity contribution in [3.05, 3.63) is 106 Å². The second-order valence-corrected chi connectivity index (χ2v) is 8.08. The van der Waals surface area contributed by atoms with Gasteiger partial charge in [-0.2, -0.15) is 5.10 Å². The average molecular weight is 458 g/mol. The summed E-state index contributed by atoms with van der Waals surface area (Å²) in [7, 11) is 0. The summed E-state index contributed by atoms with van der Waals surface area (Å²) < 4.78 is 20.6. The summed E-state index contributed by atoms with van der Waals surface area (Å²) in [5, 5.41) is 4.08. The van der Waals surface area contributed by atoms with E-state index in [-0.39, 0.29) is 12.4 Å². The van der Waals surface area contributed by atoms with Crippen molar-refractivity contribution in [3.8, 4) is 5.75 Å². The predicted molar refractivity (Wildman–Crippen MR) is 129 cm³/mol. The number of nitrogens with one attached hydrogen (secondary N) is 1. The van der Waals surface area contributed by atoms with Crippen molar-refractivity contribution >= 4 is 23.4 Å². The maximum absolute atomic E-state index is 13.3. The second kappa shape index (κ2) is 9.70. The number of aromatic nitrogens is 1. The molecule has 2 heterocycles. The van der Waals surface area contributed by atoms with Crippen LogP contribution >= 0.6 is 0 Å². The van der Waals surface area contributed by atoms with E-state index in [1.807, 2.05) is 57.2 Å². The molecular formula is C27H24FN3O3. The molecule has 0 bridgehead atoms. The van der Waals surface area contributed by atoms with Crippen LogP contribution in [0, 0.1) is 26.6 Å². The lowest BCUT2D eigenvalue weighted by atomic mass is 10.0. The molecule has 0 radical (unpaired) electrons. The molecule has 0 atom stereocenters. The van der Waals surface area contributed by atoms with E-state index in [9.17, 15) is 14.0 Å². The Morgan fingerprint density at radius 2 is 1.74 bits per heavy atom. The van der Waals surface area contributed by atoms with Gasteiger partial charge in [0.05, 0.1) is 17.4 Å². The molecule has 0 spiro atoms. The van der Waals surface area contributed by atoms with Crippen LogP contribution in [0.25, 0.3) is 5.52 Å². The number of hydrogen-bond donors (Lipinski definition) is 1. The van der Waals surface area contributed by atoms with Crippen molar-refractivity contribution in [2.45, 2.75) is 20.8 Å². The molecule has 0 fully saturated rings. The van der Waals surface area contributed by atoms with Gasteiger partial charge in [-0.3, -0.25) is 9.59 Å². The van der Waals surface area contributed by atoms with Crippen molar-refractivity contribution in [3.63, 3.8) is 0 Å². The van der Waals surface area contributed by atoms with E-state index < -0.39 is 11.7 Å². The Kier molecular flexibility index (Phi) is 6.54. The smallest absolute Gasteiger partial charge is 0.277 e. The summed E-state index contributed by atoms with van der Waals surface area (Å²) in [5.74, 6) is -0.420. The highest BCUT2D eigenvalue weighted by atomic mass is 19.1. The summed E-state index contributed by atoms with van der Waals surface area (Å²) in [5.41, 5.74) is 7.56. The van der Waals surface area contributed by atoms with E-state index in [1.54, 1.807) is 10.6 Å². The van der Waals surface area contributed by atoms with Crippen molar-refractivity contribution in [1.82, 2.24) is 9.83 Å². The highest BCUT2D eigenvalue weighted by Crippen LogP contribution is 2.24. The Morgan fingerprint density at radius 1 is 1.03 bits per heavy atom. The molecule has 172 valence electrons. The lowest BCUT2D eigenvalue weighted by Crippen LogP contribution is -2.24. The fourth-order valence-electron chi connectivity index (χ4n) is 3.90. The molecule has 0 saturated carbocycles. The first-order valence-electron chi connectivity index (χ1n) is 10.8. The van der Waals surface area contributed by atoms with Gasteiger partial charge in [0, 0.05) is 17.3 Å². The van der Waals surface area contributed by atoms with Crippen LogP contribution in [-0.2, 0) is 4.79 Å². The highest BCUT2D eigenvalue weighted by Gasteiger charge is 2.21. The number of carbonyl (C=O) groups excluding carboxylic acids is 2. The fourth-order valence-corrected chi connectivity index (χ4v) is 3.90. The van der Waals surface area contributed by atoms with Crippen molar-refractivity contribution < 1.29 is 18.7 Å². The van der Waals surface area contributed by atoms with Crippen LogP contribution in [0.5, 0.6) is 5.75 Å². The van der Waals surface area contributed by atoms with Gasteiger partial charge in [-0.1, -0.05) is 12.1 Å². The van der Waals surface area contributed by atoms with E-state index in [1.165, 1.54) is 30.5 Å². The number of carbonyl (C=O) groups is 2. The second-order valence-electron chi connectivity index (χ2n) is 8.08. The molecule has 4 aromatic rings. The zero-order valence-corrected chi connectivity index (χ0v) is 19.1. The Hall–Kier alpha value is -4.26. The van der Waals surface area contributed by atoms with Crippen LogP contribution in [0.2, 0.25) is 0 Å². The van der Waals surface area contributed by atoms with Gasteiger partial charge in [-0.25, -0.2) is 9.82 Å². The molecule has 1 amide bonds. The molecule has 6 nitrogen and oxygen atoms in total. The van der Waals surface area contributed by atoms with Crippen LogP contribution in [-0.4, -0.2) is 28.9 Å². The normalized spacial score (nSPS) is 11.2. The number of amides is 1. The molecule has 2 aromatic heterocycles. The van der Waals surface area contributed by atoms with E-state index in [0.717, 1.165) is 16.6 Å². The monoisotopic (exact) mass is 457 g/mol. The van der Waals surface area contributed by atoms with Gasteiger partial charge in [0.15, 0.2) is 6.61 Å². The van der Waals surface area contributed by atoms with Crippen molar-refractivity contribution in [2.75, 3.05) is 6.61 Å². The number of hydrazone groups is 1. The Bertz CT molecular complexity index is 1380. The van der Waals surface area contributed by atoms with Gasteiger partial charge < -0.3 is 9.14 Å². The third kappa shape index (κ3) is 4.88. The van der Waals surface area contributed by atoms with Gasteiger partial charge in [0.2, 0.25) is 5.78 Å². The zero-order chi connectivity index (χ0) is 24.2. The molecule has 7 heteroatoms. The van der Waals surface area contributed by atoms with E-state index >= 15 is 0 Å². The maximum atomic E-state index is 13.3. The van der Waals surface area contributed by atoms with E-state index in [0.29, 0.717) is 28.1 Å². The molecule has 1 N–H and O–H groups in total. The lowest BCUT2D eigenvalue weighted by Gasteiger charge is -2.07. The number of ether oxygens (including phenoxy) is 1. The zero-order valence-electron chi connectivity index (χ0n) is 19.1. The van der Waals surface area contributed by atoms with Crippen LogP contribution in [0.4, 0.5) is 4.39 Å². The number of hydrogen-bond acceptors (Lipinski definition) is 4. The number of aryl methyl sites for hydroxylation is 2. The molecule has 0 unspecified atom stereocenters. The molecule has 0 saturated heterocycles. The van der Waals surface area contributed by atoms with Gasteiger partial charge in [-0.05, 0) is 86.0 Å². The third-order valence-electron chi connectivity index (χ3n) is 5.41. The van der Waals surface area contributed by atoms with E-state index in [2.05, 4.69) is 10.5 Å². The molecule has 4 rings (SSSR count). The summed E-state index contributed by atoms with van der Waals surface area (Å²) in [6, 6.07) is 16.7. The van der Waals surface area contributed by atoms with Crippen LogP contribution in [0.15, 0.2) is 72.0 Å². The Balaban J connectivity index is 1.53. The quantitative estimate of drug-likeness (QED) is 0.247. The van der Waals surface area contributed by atoms with Crippen molar-refractivity contribution in [1.29, 1.82) is 0 Å². The molecular weight excluding hydrogens is 433 g/mol. The standard InChI is InChI=1S/C27H24FN3O3/c1-17-12-18(2)14-22(13-17)34-16-25(32)30-29-15-23-19(3)26(31-11-5-4-6-24(23)31)27(33)20-7-9-21(28)10-8-20/h4-15H,16H2,1-3H3,(H,30,32). The minimum Gasteiger partial charge on any atom is -0.484 e. The Labute approximate surface area is 196 Å². The maximum Gasteiger partial charge on any atom is 0.277 e.